The highest BCUT2D eigenvalue weighted by Gasteiger charge is 2.52. The van der Waals surface area contributed by atoms with E-state index in [-0.39, 0.29) is 48.1 Å². The number of aliphatic imine (C=N–C) groups is 1. The number of carbonyl (C=O) groups is 4. The van der Waals surface area contributed by atoms with Gasteiger partial charge < -0.3 is 29.0 Å². The summed E-state index contributed by atoms with van der Waals surface area (Å²) in [5.74, 6) is -5.03. The van der Waals surface area contributed by atoms with Gasteiger partial charge in [-0.3, -0.25) is 24.2 Å². The van der Waals surface area contributed by atoms with Crippen molar-refractivity contribution >= 4 is 52.3 Å². The lowest BCUT2D eigenvalue weighted by Crippen LogP contribution is -2.43. The predicted molar refractivity (Wildman–Crippen MR) is 226 cm³/mol. The van der Waals surface area contributed by atoms with Gasteiger partial charge in [0.2, 0.25) is 0 Å². The summed E-state index contributed by atoms with van der Waals surface area (Å²) in [4.78, 5) is 57.5. The average molecular weight is 890 g/mol. The molecule has 0 spiro atoms. The smallest absolute Gasteiger partial charge is 0.317 e. The highest BCUT2D eigenvalue weighted by Crippen LogP contribution is 2.37. The van der Waals surface area contributed by atoms with E-state index in [1.54, 1.807) is 44.0 Å². The standard InChI is InChI=1S/C24H39IN2O8.C8H17NO2.4C2H6/c1-9-12(2)20(28)15(5)18-17(34-24(31)19(18)22(26-7)27-35-25)11-33-23(30)16(6)21(29)13(3)10-14(4)32-8;1-6-4-7(9(2)3)5-8(10)11-6;4*1-2/h12-19H,9-11H2,1-8H3,(H,26,27);6-8,10H,4-5H2,1-3H3;4*1-2H3/t12-,13?,14+,15-,16?,17?,18?,19?;;;;;/m1...../s1. The van der Waals surface area contributed by atoms with Gasteiger partial charge in [0.1, 0.15) is 65.0 Å². The monoisotopic (exact) mass is 889 g/mol. The first-order chi connectivity index (χ1) is 25.5. The molecule has 11 atom stereocenters. The summed E-state index contributed by atoms with van der Waals surface area (Å²) >= 11 is 1.61. The summed E-state index contributed by atoms with van der Waals surface area (Å²) in [6, 6.07) is 0.466. The fourth-order valence-corrected chi connectivity index (χ4v) is 6.13. The number of Topliss-reactive ketones (excluding diaryl/α,β-unsaturated/α-hetero) is 2. The number of esters is 2. The van der Waals surface area contributed by atoms with Gasteiger partial charge in [-0.15, -0.1) is 0 Å². The number of nitrogens with one attached hydrogen (secondary N) is 1. The molecular weight excluding hydrogens is 809 g/mol. The first-order valence-corrected chi connectivity index (χ1v) is 20.9. The van der Waals surface area contributed by atoms with Gasteiger partial charge >= 0.3 is 11.9 Å². The summed E-state index contributed by atoms with van der Waals surface area (Å²) in [5, 5.41) is 9.25. The van der Waals surface area contributed by atoms with E-state index >= 15 is 0 Å². The van der Waals surface area contributed by atoms with Crippen molar-refractivity contribution in [2.24, 2.45) is 40.5 Å². The zero-order valence-electron chi connectivity index (χ0n) is 37.3. The van der Waals surface area contributed by atoms with Crippen molar-refractivity contribution in [3.05, 3.63) is 0 Å². The van der Waals surface area contributed by atoms with Crippen molar-refractivity contribution in [2.75, 3.05) is 34.9 Å². The third-order valence-corrected chi connectivity index (χ3v) is 9.30. The quantitative estimate of drug-likeness (QED) is 0.0414. The lowest BCUT2D eigenvalue weighted by molar-refractivity contribution is -0.172. The van der Waals surface area contributed by atoms with Crippen LogP contribution in [0.4, 0.5) is 0 Å². The summed E-state index contributed by atoms with van der Waals surface area (Å²) in [7, 11) is 7.14. The van der Waals surface area contributed by atoms with E-state index in [0.29, 0.717) is 18.9 Å². The number of carbonyl (C=O) groups excluding carboxylic acids is 4. The van der Waals surface area contributed by atoms with Gasteiger partial charge in [0.15, 0.2) is 6.29 Å². The molecule has 2 aliphatic rings. The van der Waals surface area contributed by atoms with Gasteiger partial charge in [-0.1, -0.05) is 83.1 Å². The molecule has 0 bridgehead atoms. The molecule has 13 nitrogen and oxygen atoms in total. The van der Waals surface area contributed by atoms with Crippen LogP contribution in [0.2, 0.25) is 0 Å². The van der Waals surface area contributed by atoms with Crippen LogP contribution in [0.1, 0.15) is 130 Å². The number of halogens is 1. The highest BCUT2D eigenvalue weighted by molar-refractivity contribution is 14.1. The Balaban J connectivity index is -0.000000544. The number of aliphatic hydroxyl groups is 1. The van der Waals surface area contributed by atoms with Crippen LogP contribution in [0.25, 0.3) is 0 Å². The molecule has 0 aromatic carbocycles. The molecule has 2 saturated heterocycles. The van der Waals surface area contributed by atoms with Gasteiger partial charge in [0.25, 0.3) is 0 Å². The summed E-state index contributed by atoms with van der Waals surface area (Å²) < 4.78 is 26.3. The number of ketones is 2. The third-order valence-electron chi connectivity index (χ3n) is 9.08. The normalized spacial score (nSPS) is 24.5. The molecule has 8 unspecified atom stereocenters. The Labute approximate surface area is 343 Å². The fourth-order valence-electron chi connectivity index (χ4n) is 5.91. The minimum Gasteiger partial charge on any atom is -0.461 e. The van der Waals surface area contributed by atoms with E-state index in [2.05, 4.69) is 15.4 Å². The van der Waals surface area contributed by atoms with Crippen LogP contribution in [0.15, 0.2) is 4.99 Å². The van der Waals surface area contributed by atoms with Crippen molar-refractivity contribution in [1.29, 1.82) is 0 Å². The molecule has 2 aliphatic heterocycles. The molecule has 322 valence electrons. The SMILES string of the molecule is CC.CC.CC.CC.CC1CC(N(C)C)CC(O)O1.CC[C@@H](C)C(=O)[C@H](C)C1C(COC(=O)C(C)C(=O)C(C)C[C@H](C)OC)OC(=O)C1C(=NC)NOI. The molecule has 2 heterocycles. The van der Waals surface area contributed by atoms with E-state index in [1.807, 2.05) is 97.2 Å². The second-order valence-electron chi connectivity index (χ2n) is 12.7. The topological polar surface area (TPSA) is 162 Å². The summed E-state index contributed by atoms with van der Waals surface area (Å²) in [6.45, 7) is 28.3. The largest absolute Gasteiger partial charge is 0.461 e. The number of cyclic esters (lactones) is 1. The lowest BCUT2D eigenvalue weighted by Gasteiger charge is -2.34. The maximum absolute atomic E-state index is 13.0. The third kappa shape index (κ3) is 21.0. The molecule has 0 radical (unpaired) electrons. The Morgan fingerprint density at radius 1 is 0.963 bits per heavy atom. The zero-order valence-corrected chi connectivity index (χ0v) is 39.4. The van der Waals surface area contributed by atoms with Crippen LogP contribution >= 0.6 is 23.0 Å². The first-order valence-electron chi connectivity index (χ1n) is 20.0. The van der Waals surface area contributed by atoms with Crippen molar-refractivity contribution < 1.29 is 46.4 Å². The van der Waals surface area contributed by atoms with Gasteiger partial charge in [-0.2, -0.15) is 0 Å². The van der Waals surface area contributed by atoms with Crippen LogP contribution in [0, 0.1) is 35.5 Å². The number of hydrogen-bond acceptors (Lipinski definition) is 12. The van der Waals surface area contributed by atoms with Crippen LogP contribution in [0.5, 0.6) is 0 Å². The molecule has 14 heteroatoms. The van der Waals surface area contributed by atoms with Crippen molar-refractivity contribution in [3.8, 4) is 0 Å². The van der Waals surface area contributed by atoms with Crippen LogP contribution in [0.3, 0.4) is 0 Å². The van der Waals surface area contributed by atoms with E-state index in [1.165, 1.54) is 14.0 Å². The number of hydroxylamine groups is 1. The summed E-state index contributed by atoms with van der Waals surface area (Å²) in [5.41, 5.74) is 2.58. The zero-order chi connectivity index (χ0) is 43.3. The average Bonchev–Trinajstić information content (AvgIpc) is 3.52. The van der Waals surface area contributed by atoms with Crippen LogP contribution in [-0.4, -0.2) is 105 Å². The predicted octanol–water partition coefficient (Wildman–Crippen LogP) is 7.64. The Morgan fingerprint density at radius 3 is 1.93 bits per heavy atom. The molecule has 0 aromatic heterocycles. The van der Waals surface area contributed by atoms with Gasteiger partial charge in [-0.25, -0.2) is 8.65 Å². The highest BCUT2D eigenvalue weighted by atomic mass is 127. The van der Waals surface area contributed by atoms with Crippen LogP contribution in [-0.2, 0) is 41.3 Å². The maximum Gasteiger partial charge on any atom is 0.317 e. The Bertz CT molecular complexity index is 1020. The van der Waals surface area contributed by atoms with Gasteiger partial charge in [0, 0.05) is 50.3 Å². The van der Waals surface area contributed by atoms with E-state index < -0.39 is 48.0 Å². The number of amidine groups is 1. The molecule has 2 N–H and O–H groups in total. The maximum atomic E-state index is 13.0. The second-order valence-corrected chi connectivity index (χ2v) is 13.2. The molecule has 0 saturated carbocycles. The van der Waals surface area contributed by atoms with Crippen LogP contribution < -0.4 is 5.48 Å². The minimum atomic E-state index is -0.985. The molecule has 0 aromatic rings. The molecule has 2 rings (SSSR count). The number of aliphatic hydroxyl groups excluding tert-OH is 1. The Kier molecular flexibility index (Phi) is 37.7. The van der Waals surface area contributed by atoms with Gasteiger partial charge in [-0.05, 0) is 54.1 Å². The fraction of sp³-hybridized carbons (Fsp3) is 0.875. The number of rotatable bonds is 15. The first kappa shape index (κ1) is 59.0. The van der Waals surface area contributed by atoms with Crippen molar-refractivity contribution in [2.45, 2.75) is 160 Å². The minimum absolute atomic E-state index is 0.0207. The number of ether oxygens (including phenoxy) is 4. The van der Waals surface area contributed by atoms with E-state index in [4.69, 9.17) is 22.1 Å². The van der Waals surface area contributed by atoms with E-state index in [9.17, 15) is 24.3 Å². The van der Waals surface area contributed by atoms with E-state index in [0.717, 1.165) is 12.8 Å². The lowest BCUT2D eigenvalue weighted by atomic mass is 9.75. The summed E-state index contributed by atoms with van der Waals surface area (Å²) in [6.07, 6.45) is 1.52. The molecular formula is C40H80IN3O10. The Hall–Kier alpha value is -1.72. The Morgan fingerprint density at radius 2 is 1.50 bits per heavy atom. The molecule has 0 aliphatic carbocycles. The van der Waals surface area contributed by atoms with Gasteiger partial charge in [0.05, 0.1) is 12.2 Å². The molecule has 2 fully saturated rings. The van der Waals surface area contributed by atoms with Crippen molar-refractivity contribution in [3.63, 3.8) is 0 Å². The molecule has 54 heavy (non-hydrogen) atoms. The number of nitrogens with zero attached hydrogens (tertiary/aromatic N) is 2. The molecule has 0 amide bonds. The second kappa shape index (κ2) is 34.5. The number of hydrogen-bond donors (Lipinski definition) is 2. The van der Waals surface area contributed by atoms with Crippen molar-refractivity contribution in [1.82, 2.24) is 10.4 Å². The number of methoxy groups -OCH3 is 1.